The van der Waals surface area contributed by atoms with Gasteiger partial charge in [0.15, 0.2) is 0 Å². The number of hydrogen-bond acceptors (Lipinski definition) is 4. The lowest BCUT2D eigenvalue weighted by Crippen LogP contribution is -2.26. The Hall–Kier alpha value is -3.12. The molecule has 0 saturated heterocycles. The van der Waals surface area contributed by atoms with Crippen LogP contribution in [-0.4, -0.2) is 26.8 Å². The topological polar surface area (TPSA) is 59.3 Å². The summed E-state index contributed by atoms with van der Waals surface area (Å²) >= 11 is 1.49. The van der Waals surface area contributed by atoms with Crippen LogP contribution in [0.4, 0.5) is 0 Å². The van der Waals surface area contributed by atoms with Crippen LogP contribution in [0.2, 0.25) is 0 Å². The van der Waals surface area contributed by atoms with Crippen molar-refractivity contribution in [3.05, 3.63) is 90.5 Å². The van der Waals surface area contributed by atoms with Gasteiger partial charge in [0.2, 0.25) is 0 Å². The highest BCUT2D eigenvalue weighted by Gasteiger charge is 2.13. The number of hydrogen-bond donors (Lipinski definition) is 1. The van der Waals surface area contributed by atoms with E-state index in [-0.39, 0.29) is 5.91 Å². The Kier molecular flexibility index (Phi) is 5.16. The Morgan fingerprint density at radius 2 is 1.89 bits per heavy atom. The third-order valence-corrected chi connectivity index (χ3v) is 5.08. The van der Waals surface area contributed by atoms with Crippen LogP contribution in [0.15, 0.2) is 89.2 Å². The van der Waals surface area contributed by atoms with Crippen LogP contribution in [0.3, 0.4) is 0 Å². The smallest absolute Gasteiger partial charge is 0.254 e. The van der Waals surface area contributed by atoms with Crippen molar-refractivity contribution in [1.82, 2.24) is 19.7 Å². The van der Waals surface area contributed by atoms with Crippen LogP contribution < -0.4 is 5.32 Å². The van der Waals surface area contributed by atoms with E-state index in [1.165, 1.54) is 11.8 Å². The molecule has 0 bridgehead atoms. The first-order chi connectivity index (χ1) is 13.3. The molecule has 0 aliphatic rings. The number of imidazole rings is 1. The average Bonchev–Trinajstić information content (AvgIpc) is 3.12. The highest BCUT2D eigenvalue weighted by Crippen LogP contribution is 2.28. The molecule has 1 aromatic carbocycles. The summed E-state index contributed by atoms with van der Waals surface area (Å²) < 4.78 is 1.98. The van der Waals surface area contributed by atoms with Crippen molar-refractivity contribution >= 4 is 23.3 Å². The summed E-state index contributed by atoms with van der Waals surface area (Å²) in [4.78, 5) is 22.6. The van der Waals surface area contributed by atoms with E-state index in [0.29, 0.717) is 23.6 Å². The maximum Gasteiger partial charge on any atom is 0.254 e. The summed E-state index contributed by atoms with van der Waals surface area (Å²) in [6, 6.07) is 19.4. The Balaban J connectivity index is 1.41. The molecule has 1 N–H and O–H groups in total. The molecular weight excluding hydrogens is 356 g/mol. The Labute approximate surface area is 161 Å². The molecule has 1 amide bonds. The van der Waals surface area contributed by atoms with Gasteiger partial charge >= 0.3 is 0 Å². The van der Waals surface area contributed by atoms with Gasteiger partial charge in [-0.25, -0.2) is 9.97 Å². The van der Waals surface area contributed by atoms with Gasteiger partial charge in [-0.2, -0.15) is 0 Å². The minimum atomic E-state index is -0.120. The number of fused-ring (bicyclic) bond motifs is 1. The molecule has 0 unspecified atom stereocenters. The molecule has 0 aliphatic carbocycles. The van der Waals surface area contributed by atoms with E-state index in [1.807, 2.05) is 65.3 Å². The van der Waals surface area contributed by atoms with Crippen molar-refractivity contribution in [2.45, 2.75) is 16.3 Å². The molecule has 3 aromatic heterocycles. The van der Waals surface area contributed by atoms with Gasteiger partial charge in [-0.05, 0) is 36.4 Å². The number of carbonyl (C=O) groups is 1. The molecule has 4 aromatic rings. The summed E-state index contributed by atoms with van der Waals surface area (Å²) in [6.07, 6.45) is 6.34. The van der Waals surface area contributed by atoms with Gasteiger partial charge in [-0.1, -0.05) is 36.0 Å². The zero-order valence-corrected chi connectivity index (χ0v) is 15.4. The molecule has 27 heavy (non-hydrogen) atoms. The lowest BCUT2D eigenvalue weighted by Gasteiger charge is -2.08. The number of pyridine rings is 2. The molecule has 0 saturated carbocycles. The molecule has 3 heterocycles. The van der Waals surface area contributed by atoms with E-state index in [4.69, 9.17) is 0 Å². The molecular formula is C21H18N4OS. The quantitative estimate of drug-likeness (QED) is 0.557. The molecule has 0 atom stereocenters. The first kappa shape index (κ1) is 17.3. The Morgan fingerprint density at radius 1 is 1.04 bits per heavy atom. The summed E-state index contributed by atoms with van der Waals surface area (Å²) in [5.74, 6) is -0.120. The second-order valence-corrected chi connectivity index (χ2v) is 7.04. The van der Waals surface area contributed by atoms with Crippen molar-refractivity contribution in [3.63, 3.8) is 0 Å². The number of nitrogens with zero attached hydrogens (tertiary/aromatic N) is 3. The standard InChI is InChI=1S/C21H18N4OS/c26-20(22-13-11-16-15-25-14-5-4-10-19(25)24-16)18-9-6-12-23-21(18)27-17-7-2-1-3-8-17/h1-10,12,14-15H,11,13H2,(H,22,26). The van der Waals surface area contributed by atoms with Crippen LogP contribution in [0.5, 0.6) is 0 Å². The highest BCUT2D eigenvalue weighted by molar-refractivity contribution is 7.99. The lowest BCUT2D eigenvalue weighted by atomic mass is 10.2. The minimum absolute atomic E-state index is 0.120. The van der Waals surface area contributed by atoms with E-state index in [9.17, 15) is 4.79 Å². The van der Waals surface area contributed by atoms with E-state index in [2.05, 4.69) is 15.3 Å². The highest BCUT2D eigenvalue weighted by atomic mass is 32.2. The molecule has 5 nitrogen and oxygen atoms in total. The van der Waals surface area contributed by atoms with E-state index >= 15 is 0 Å². The fourth-order valence-corrected chi connectivity index (χ4v) is 3.65. The van der Waals surface area contributed by atoms with E-state index in [0.717, 1.165) is 16.2 Å². The number of nitrogens with one attached hydrogen (secondary N) is 1. The number of carbonyl (C=O) groups excluding carboxylic acids is 1. The molecule has 4 rings (SSSR count). The summed E-state index contributed by atoms with van der Waals surface area (Å²) in [5, 5.41) is 3.68. The summed E-state index contributed by atoms with van der Waals surface area (Å²) in [7, 11) is 0. The van der Waals surface area contributed by atoms with Crippen LogP contribution in [0.1, 0.15) is 16.1 Å². The predicted molar refractivity (Wildman–Crippen MR) is 106 cm³/mol. The number of amides is 1. The van der Waals surface area contributed by atoms with E-state index in [1.54, 1.807) is 18.3 Å². The molecule has 6 heteroatoms. The van der Waals surface area contributed by atoms with Gasteiger partial charge in [0.1, 0.15) is 10.7 Å². The van der Waals surface area contributed by atoms with Crippen molar-refractivity contribution in [2.75, 3.05) is 6.54 Å². The monoisotopic (exact) mass is 374 g/mol. The molecule has 0 spiro atoms. The number of aromatic nitrogens is 3. The normalized spacial score (nSPS) is 10.8. The zero-order chi connectivity index (χ0) is 18.5. The van der Waals surface area contributed by atoms with Gasteiger partial charge in [-0.3, -0.25) is 4.79 Å². The number of rotatable bonds is 6. The largest absolute Gasteiger partial charge is 0.352 e. The molecule has 0 fully saturated rings. The van der Waals surface area contributed by atoms with Crippen LogP contribution in [0.25, 0.3) is 5.65 Å². The zero-order valence-electron chi connectivity index (χ0n) is 14.6. The first-order valence-electron chi connectivity index (χ1n) is 8.68. The van der Waals surface area contributed by atoms with Gasteiger partial charge in [0.25, 0.3) is 5.91 Å². The first-order valence-corrected chi connectivity index (χ1v) is 9.50. The lowest BCUT2D eigenvalue weighted by molar-refractivity contribution is 0.0950. The number of benzene rings is 1. The third-order valence-electron chi connectivity index (χ3n) is 4.05. The van der Waals surface area contributed by atoms with Gasteiger partial charge in [0, 0.05) is 36.5 Å². The summed E-state index contributed by atoms with van der Waals surface area (Å²) in [5.41, 5.74) is 2.44. The van der Waals surface area contributed by atoms with Crippen molar-refractivity contribution in [2.24, 2.45) is 0 Å². The van der Waals surface area contributed by atoms with Crippen LogP contribution in [0, 0.1) is 0 Å². The van der Waals surface area contributed by atoms with Gasteiger partial charge in [0.05, 0.1) is 11.3 Å². The fourth-order valence-electron chi connectivity index (χ4n) is 2.75. The van der Waals surface area contributed by atoms with E-state index < -0.39 is 0 Å². The van der Waals surface area contributed by atoms with Gasteiger partial charge in [-0.15, -0.1) is 0 Å². The minimum Gasteiger partial charge on any atom is -0.352 e. The maximum absolute atomic E-state index is 12.6. The molecule has 134 valence electrons. The second-order valence-electron chi connectivity index (χ2n) is 5.98. The maximum atomic E-state index is 12.6. The average molecular weight is 374 g/mol. The SMILES string of the molecule is O=C(NCCc1cn2ccccc2n1)c1cccnc1Sc1ccccc1. The third kappa shape index (κ3) is 4.17. The fraction of sp³-hybridized carbons (Fsp3) is 0.0952. The predicted octanol–water partition coefficient (Wildman–Crippen LogP) is 3.85. The Morgan fingerprint density at radius 3 is 2.74 bits per heavy atom. The van der Waals surface area contributed by atoms with Crippen LogP contribution in [-0.2, 0) is 6.42 Å². The van der Waals surface area contributed by atoms with Crippen molar-refractivity contribution in [1.29, 1.82) is 0 Å². The second kappa shape index (κ2) is 8.05. The summed E-state index contributed by atoms with van der Waals surface area (Å²) in [6.45, 7) is 0.521. The Bertz CT molecular complexity index is 1030. The van der Waals surface area contributed by atoms with Crippen molar-refractivity contribution < 1.29 is 4.79 Å². The van der Waals surface area contributed by atoms with Gasteiger partial charge < -0.3 is 9.72 Å². The van der Waals surface area contributed by atoms with Crippen LogP contribution >= 0.6 is 11.8 Å². The molecule has 0 aliphatic heterocycles. The molecule has 0 radical (unpaired) electrons. The van der Waals surface area contributed by atoms with Crippen molar-refractivity contribution in [3.8, 4) is 0 Å².